The number of hydrogen-bond acceptors (Lipinski definition) is 2. The van der Waals surface area contributed by atoms with Crippen LogP contribution in [0.1, 0.15) is 39.5 Å². The minimum atomic E-state index is -4.09. The zero-order valence-corrected chi connectivity index (χ0v) is 11.2. The van der Waals surface area contributed by atoms with Crippen molar-refractivity contribution in [3.8, 4) is 0 Å². The van der Waals surface area contributed by atoms with Gasteiger partial charge in [-0.05, 0) is 32.1 Å². The molecule has 0 radical (unpaired) electrons. The van der Waals surface area contributed by atoms with Crippen LogP contribution in [0.4, 0.5) is 13.2 Å². The van der Waals surface area contributed by atoms with Crippen LogP contribution in [0.2, 0.25) is 0 Å². The molecule has 106 valence electrons. The molecule has 1 heterocycles. The standard InChI is InChI=1S/C13H23F3N2/c1-3-4-11-7-17-12(2,10-5-6-10)8-18(11)9-13(14,15)16/h10-11,17H,3-9H2,1-2H3. The van der Waals surface area contributed by atoms with Crippen molar-refractivity contribution in [3.63, 3.8) is 0 Å². The van der Waals surface area contributed by atoms with E-state index < -0.39 is 12.7 Å². The summed E-state index contributed by atoms with van der Waals surface area (Å²) in [5.74, 6) is 0.566. The highest BCUT2D eigenvalue weighted by atomic mass is 19.4. The monoisotopic (exact) mass is 264 g/mol. The molecule has 2 rings (SSSR count). The molecule has 0 aromatic heterocycles. The molecule has 0 spiro atoms. The van der Waals surface area contributed by atoms with Crippen LogP contribution in [-0.2, 0) is 0 Å². The number of halogens is 3. The van der Waals surface area contributed by atoms with Gasteiger partial charge in [-0.3, -0.25) is 4.90 Å². The van der Waals surface area contributed by atoms with Crippen LogP contribution in [0.15, 0.2) is 0 Å². The second-order valence-corrected chi connectivity index (χ2v) is 6.04. The van der Waals surface area contributed by atoms with Crippen LogP contribution in [0.5, 0.6) is 0 Å². The number of alkyl halides is 3. The van der Waals surface area contributed by atoms with Crippen LogP contribution in [0.3, 0.4) is 0 Å². The molecule has 1 saturated heterocycles. The Hall–Kier alpha value is -0.290. The molecule has 1 N–H and O–H groups in total. The fraction of sp³-hybridized carbons (Fsp3) is 1.00. The van der Waals surface area contributed by atoms with E-state index in [1.54, 1.807) is 4.90 Å². The Morgan fingerprint density at radius 3 is 2.50 bits per heavy atom. The van der Waals surface area contributed by atoms with Gasteiger partial charge in [0.05, 0.1) is 6.54 Å². The highest BCUT2D eigenvalue weighted by Gasteiger charge is 2.47. The van der Waals surface area contributed by atoms with Gasteiger partial charge in [0.25, 0.3) is 0 Å². The quantitative estimate of drug-likeness (QED) is 0.840. The normalized spacial score (nSPS) is 34.8. The molecule has 2 nitrogen and oxygen atoms in total. The molecule has 0 aromatic carbocycles. The van der Waals surface area contributed by atoms with Gasteiger partial charge in [-0.1, -0.05) is 13.3 Å². The Bertz CT molecular complexity index is 288. The highest BCUT2D eigenvalue weighted by Crippen LogP contribution is 2.42. The Morgan fingerprint density at radius 1 is 1.33 bits per heavy atom. The molecule has 18 heavy (non-hydrogen) atoms. The molecular formula is C13H23F3N2. The fourth-order valence-electron chi connectivity index (χ4n) is 3.11. The third-order valence-electron chi connectivity index (χ3n) is 4.27. The number of piperazine rings is 1. The van der Waals surface area contributed by atoms with Crippen molar-refractivity contribution in [2.75, 3.05) is 19.6 Å². The highest BCUT2D eigenvalue weighted by molar-refractivity contribution is 5.04. The predicted octanol–water partition coefficient (Wildman–Crippen LogP) is 2.79. The number of hydrogen-bond donors (Lipinski definition) is 1. The molecule has 2 unspecified atom stereocenters. The molecule has 0 amide bonds. The molecule has 0 bridgehead atoms. The first-order chi connectivity index (χ1) is 8.34. The van der Waals surface area contributed by atoms with Crippen molar-refractivity contribution in [2.24, 2.45) is 5.92 Å². The van der Waals surface area contributed by atoms with Gasteiger partial charge in [-0.15, -0.1) is 0 Å². The number of nitrogens with one attached hydrogen (secondary N) is 1. The van der Waals surface area contributed by atoms with Gasteiger partial charge < -0.3 is 5.32 Å². The van der Waals surface area contributed by atoms with Crippen molar-refractivity contribution in [1.29, 1.82) is 0 Å². The SMILES string of the molecule is CCCC1CNC(C)(C2CC2)CN1CC(F)(F)F. The average Bonchev–Trinajstić information content (AvgIpc) is 3.04. The van der Waals surface area contributed by atoms with Gasteiger partial charge in [-0.25, -0.2) is 0 Å². The molecule has 1 aliphatic carbocycles. The molecule has 2 aliphatic rings. The molecule has 0 aromatic rings. The van der Waals surface area contributed by atoms with Crippen LogP contribution >= 0.6 is 0 Å². The van der Waals surface area contributed by atoms with Crippen LogP contribution in [0.25, 0.3) is 0 Å². The lowest BCUT2D eigenvalue weighted by atomic mass is 9.90. The van der Waals surface area contributed by atoms with E-state index in [9.17, 15) is 13.2 Å². The Balaban J connectivity index is 2.02. The fourth-order valence-corrected chi connectivity index (χ4v) is 3.11. The second-order valence-electron chi connectivity index (χ2n) is 6.04. The smallest absolute Gasteiger partial charge is 0.308 e. The Morgan fingerprint density at radius 2 is 2.00 bits per heavy atom. The minimum Gasteiger partial charge on any atom is -0.308 e. The van der Waals surface area contributed by atoms with Crippen LogP contribution in [0, 0.1) is 5.92 Å². The van der Waals surface area contributed by atoms with Gasteiger partial charge in [0, 0.05) is 24.7 Å². The van der Waals surface area contributed by atoms with Gasteiger partial charge in [0.15, 0.2) is 0 Å². The molecule has 5 heteroatoms. The first-order valence-electron chi connectivity index (χ1n) is 6.90. The number of rotatable bonds is 4. The summed E-state index contributed by atoms with van der Waals surface area (Å²) < 4.78 is 38.0. The molecule has 1 aliphatic heterocycles. The maximum absolute atomic E-state index is 12.7. The van der Waals surface area contributed by atoms with Crippen LogP contribution in [-0.4, -0.2) is 42.3 Å². The number of nitrogens with zero attached hydrogens (tertiary/aromatic N) is 1. The van der Waals surface area contributed by atoms with Crippen molar-refractivity contribution in [2.45, 2.75) is 57.3 Å². The predicted molar refractivity (Wildman–Crippen MR) is 65.5 cm³/mol. The lowest BCUT2D eigenvalue weighted by Crippen LogP contribution is -2.65. The Kier molecular flexibility index (Phi) is 3.93. The van der Waals surface area contributed by atoms with Crippen molar-refractivity contribution < 1.29 is 13.2 Å². The summed E-state index contributed by atoms with van der Waals surface area (Å²) >= 11 is 0. The lowest BCUT2D eigenvalue weighted by Gasteiger charge is -2.47. The largest absolute Gasteiger partial charge is 0.401 e. The van der Waals surface area contributed by atoms with E-state index in [-0.39, 0.29) is 11.6 Å². The first-order valence-corrected chi connectivity index (χ1v) is 6.90. The first kappa shape index (κ1) is 14.1. The van der Waals surface area contributed by atoms with Gasteiger partial charge in [0.1, 0.15) is 0 Å². The van der Waals surface area contributed by atoms with Gasteiger partial charge in [-0.2, -0.15) is 13.2 Å². The molecule has 2 fully saturated rings. The third kappa shape index (κ3) is 3.38. The summed E-state index contributed by atoms with van der Waals surface area (Å²) in [5.41, 5.74) is -0.116. The summed E-state index contributed by atoms with van der Waals surface area (Å²) in [4.78, 5) is 1.65. The van der Waals surface area contributed by atoms with Gasteiger partial charge >= 0.3 is 6.18 Å². The zero-order valence-electron chi connectivity index (χ0n) is 11.2. The van der Waals surface area contributed by atoms with Crippen molar-refractivity contribution >= 4 is 0 Å². The summed E-state index contributed by atoms with van der Waals surface area (Å²) in [6, 6.07) is 0.0310. The van der Waals surface area contributed by atoms with E-state index >= 15 is 0 Å². The maximum atomic E-state index is 12.7. The van der Waals surface area contributed by atoms with Crippen molar-refractivity contribution in [3.05, 3.63) is 0 Å². The Labute approximate surface area is 107 Å². The summed E-state index contributed by atoms with van der Waals surface area (Å²) in [7, 11) is 0. The van der Waals surface area contributed by atoms with Crippen LogP contribution < -0.4 is 5.32 Å². The van der Waals surface area contributed by atoms with E-state index in [0.29, 0.717) is 19.0 Å². The van der Waals surface area contributed by atoms with E-state index in [4.69, 9.17) is 0 Å². The zero-order chi connectivity index (χ0) is 13.4. The molecular weight excluding hydrogens is 241 g/mol. The lowest BCUT2D eigenvalue weighted by molar-refractivity contribution is -0.157. The summed E-state index contributed by atoms with van der Waals surface area (Å²) in [6.07, 6.45) is -0.0118. The average molecular weight is 264 g/mol. The van der Waals surface area contributed by atoms with E-state index in [0.717, 1.165) is 25.7 Å². The van der Waals surface area contributed by atoms with E-state index in [1.165, 1.54) is 0 Å². The van der Waals surface area contributed by atoms with E-state index in [2.05, 4.69) is 12.2 Å². The molecule has 2 atom stereocenters. The van der Waals surface area contributed by atoms with Crippen molar-refractivity contribution in [1.82, 2.24) is 10.2 Å². The third-order valence-corrected chi connectivity index (χ3v) is 4.27. The summed E-state index contributed by atoms with van der Waals surface area (Å²) in [6.45, 7) is 4.57. The minimum absolute atomic E-state index is 0.0310. The van der Waals surface area contributed by atoms with Gasteiger partial charge in [0.2, 0.25) is 0 Å². The maximum Gasteiger partial charge on any atom is 0.401 e. The second kappa shape index (κ2) is 5.00. The van der Waals surface area contributed by atoms with E-state index in [1.807, 2.05) is 6.92 Å². The topological polar surface area (TPSA) is 15.3 Å². The molecule has 1 saturated carbocycles. The summed E-state index contributed by atoms with van der Waals surface area (Å²) in [5, 5.41) is 3.50.